The van der Waals surface area contributed by atoms with Gasteiger partial charge in [0.1, 0.15) is 5.60 Å². The molecule has 0 spiro atoms. The summed E-state index contributed by atoms with van der Waals surface area (Å²) in [4.78, 5) is 11.9. The standard InChI is InChI=1S/C11H20N2O3S/c1-8-11(15,2-4-16-8)7-13-10(14)9-6-17-5-3-12-9/h8-9,12,15H,2-7H2,1H3,(H,13,14). The van der Waals surface area contributed by atoms with Crippen LogP contribution in [-0.4, -0.2) is 60.0 Å². The third-order valence-electron chi connectivity index (χ3n) is 3.47. The Morgan fingerprint density at radius 2 is 2.53 bits per heavy atom. The summed E-state index contributed by atoms with van der Waals surface area (Å²) >= 11 is 1.78. The van der Waals surface area contributed by atoms with Gasteiger partial charge >= 0.3 is 0 Å². The zero-order chi connectivity index (χ0) is 12.3. The average Bonchev–Trinajstić information content (AvgIpc) is 2.68. The Bertz CT molecular complexity index is 284. The lowest BCUT2D eigenvalue weighted by atomic mass is 9.96. The maximum atomic E-state index is 11.9. The van der Waals surface area contributed by atoms with Gasteiger partial charge in [0, 0.05) is 37.6 Å². The first-order chi connectivity index (χ1) is 8.12. The van der Waals surface area contributed by atoms with E-state index in [-0.39, 0.29) is 24.6 Å². The monoisotopic (exact) mass is 260 g/mol. The van der Waals surface area contributed by atoms with E-state index in [1.807, 2.05) is 6.92 Å². The van der Waals surface area contributed by atoms with E-state index in [1.165, 1.54) is 0 Å². The zero-order valence-corrected chi connectivity index (χ0v) is 10.9. The normalized spacial score (nSPS) is 38.0. The minimum Gasteiger partial charge on any atom is -0.385 e. The minimum atomic E-state index is -0.905. The van der Waals surface area contributed by atoms with Gasteiger partial charge < -0.3 is 20.5 Å². The molecule has 5 nitrogen and oxygen atoms in total. The second-order valence-corrected chi connectivity index (χ2v) is 5.82. The Labute approximate surface area is 106 Å². The number of ether oxygens (including phenoxy) is 1. The molecule has 2 rings (SSSR count). The molecule has 0 aliphatic carbocycles. The van der Waals surface area contributed by atoms with Crippen LogP contribution in [-0.2, 0) is 9.53 Å². The number of hydrogen-bond acceptors (Lipinski definition) is 5. The molecular formula is C11H20N2O3S. The lowest BCUT2D eigenvalue weighted by Gasteiger charge is -2.28. The molecule has 0 aromatic rings. The summed E-state index contributed by atoms with van der Waals surface area (Å²) in [5.41, 5.74) is -0.905. The van der Waals surface area contributed by atoms with E-state index in [0.29, 0.717) is 13.0 Å². The van der Waals surface area contributed by atoms with E-state index in [2.05, 4.69) is 10.6 Å². The molecule has 17 heavy (non-hydrogen) atoms. The molecule has 3 unspecified atom stereocenters. The van der Waals surface area contributed by atoms with Crippen LogP contribution in [0.1, 0.15) is 13.3 Å². The van der Waals surface area contributed by atoms with E-state index >= 15 is 0 Å². The van der Waals surface area contributed by atoms with Crippen LogP contribution in [0.4, 0.5) is 0 Å². The van der Waals surface area contributed by atoms with E-state index in [9.17, 15) is 9.90 Å². The molecule has 98 valence electrons. The quantitative estimate of drug-likeness (QED) is 0.629. The summed E-state index contributed by atoms with van der Waals surface area (Å²) in [7, 11) is 0. The van der Waals surface area contributed by atoms with Gasteiger partial charge in [-0.2, -0.15) is 11.8 Å². The van der Waals surface area contributed by atoms with Crippen molar-refractivity contribution in [1.29, 1.82) is 0 Å². The lowest BCUT2D eigenvalue weighted by Crippen LogP contribution is -2.54. The summed E-state index contributed by atoms with van der Waals surface area (Å²) in [5, 5.41) is 16.2. The van der Waals surface area contributed by atoms with E-state index in [4.69, 9.17) is 4.74 Å². The summed E-state index contributed by atoms with van der Waals surface area (Å²) in [5.74, 6) is 1.83. The van der Waals surface area contributed by atoms with Gasteiger partial charge in [-0.15, -0.1) is 0 Å². The van der Waals surface area contributed by atoms with Gasteiger partial charge in [0.2, 0.25) is 5.91 Å². The van der Waals surface area contributed by atoms with Gasteiger partial charge in [0.25, 0.3) is 0 Å². The number of carbonyl (C=O) groups excluding carboxylic acids is 1. The highest BCUT2D eigenvalue weighted by Crippen LogP contribution is 2.24. The molecule has 0 radical (unpaired) electrons. The van der Waals surface area contributed by atoms with Gasteiger partial charge in [-0.3, -0.25) is 4.79 Å². The summed E-state index contributed by atoms with van der Waals surface area (Å²) in [6.07, 6.45) is 0.373. The molecule has 0 aromatic heterocycles. The SMILES string of the molecule is CC1OCCC1(O)CNC(=O)C1CSCCN1. The Kier molecular flexibility index (Phi) is 4.30. The molecular weight excluding hydrogens is 240 g/mol. The molecule has 1 amide bonds. The summed E-state index contributed by atoms with van der Waals surface area (Å²) in [6, 6.07) is -0.130. The molecule has 2 heterocycles. The Morgan fingerprint density at radius 3 is 3.12 bits per heavy atom. The van der Waals surface area contributed by atoms with Crippen molar-refractivity contribution in [1.82, 2.24) is 10.6 Å². The number of nitrogens with one attached hydrogen (secondary N) is 2. The van der Waals surface area contributed by atoms with Crippen molar-refractivity contribution in [3.63, 3.8) is 0 Å². The Hall–Kier alpha value is -0.300. The maximum absolute atomic E-state index is 11.9. The first-order valence-electron chi connectivity index (χ1n) is 6.05. The second-order valence-electron chi connectivity index (χ2n) is 4.67. The molecule has 3 N–H and O–H groups in total. The van der Waals surface area contributed by atoms with Crippen molar-refractivity contribution in [2.45, 2.75) is 31.1 Å². The van der Waals surface area contributed by atoms with Crippen LogP contribution in [0.3, 0.4) is 0 Å². The molecule has 0 bridgehead atoms. The fourth-order valence-electron chi connectivity index (χ4n) is 2.10. The number of hydrogen-bond donors (Lipinski definition) is 3. The van der Waals surface area contributed by atoms with Crippen molar-refractivity contribution >= 4 is 17.7 Å². The van der Waals surface area contributed by atoms with Crippen LogP contribution in [0.2, 0.25) is 0 Å². The highest BCUT2D eigenvalue weighted by atomic mass is 32.2. The largest absolute Gasteiger partial charge is 0.385 e. The van der Waals surface area contributed by atoms with Crippen molar-refractivity contribution in [3.05, 3.63) is 0 Å². The van der Waals surface area contributed by atoms with Gasteiger partial charge in [0.15, 0.2) is 0 Å². The molecule has 2 aliphatic heterocycles. The first kappa shape index (κ1) is 13.1. The van der Waals surface area contributed by atoms with Crippen molar-refractivity contribution < 1.29 is 14.6 Å². The van der Waals surface area contributed by atoms with Crippen LogP contribution < -0.4 is 10.6 Å². The summed E-state index contributed by atoms with van der Waals surface area (Å²) < 4.78 is 5.33. The number of thioether (sulfide) groups is 1. The molecule has 3 atom stereocenters. The topological polar surface area (TPSA) is 70.6 Å². The van der Waals surface area contributed by atoms with Gasteiger partial charge in [-0.25, -0.2) is 0 Å². The van der Waals surface area contributed by atoms with E-state index in [1.54, 1.807) is 11.8 Å². The van der Waals surface area contributed by atoms with Crippen LogP contribution >= 0.6 is 11.8 Å². The molecule has 0 aromatic carbocycles. The maximum Gasteiger partial charge on any atom is 0.238 e. The van der Waals surface area contributed by atoms with Gasteiger partial charge in [0.05, 0.1) is 12.1 Å². The Balaban J connectivity index is 1.79. The predicted octanol–water partition coefficient (Wildman–Crippen LogP) is -0.652. The van der Waals surface area contributed by atoms with Crippen molar-refractivity contribution in [2.24, 2.45) is 0 Å². The smallest absolute Gasteiger partial charge is 0.238 e. The highest BCUT2D eigenvalue weighted by Gasteiger charge is 2.40. The minimum absolute atomic E-state index is 0.0234. The number of carbonyl (C=O) groups is 1. The van der Waals surface area contributed by atoms with Crippen LogP contribution in [0.25, 0.3) is 0 Å². The van der Waals surface area contributed by atoms with Gasteiger partial charge in [-0.05, 0) is 6.92 Å². The van der Waals surface area contributed by atoms with Crippen LogP contribution in [0.5, 0.6) is 0 Å². The number of amides is 1. The number of aliphatic hydroxyl groups is 1. The molecule has 6 heteroatoms. The number of rotatable bonds is 3. The molecule has 2 saturated heterocycles. The third kappa shape index (κ3) is 3.13. The van der Waals surface area contributed by atoms with Crippen LogP contribution in [0.15, 0.2) is 0 Å². The van der Waals surface area contributed by atoms with E-state index < -0.39 is 5.60 Å². The van der Waals surface area contributed by atoms with Crippen molar-refractivity contribution in [3.8, 4) is 0 Å². The fraction of sp³-hybridized carbons (Fsp3) is 0.909. The lowest BCUT2D eigenvalue weighted by molar-refractivity contribution is -0.124. The van der Waals surface area contributed by atoms with Crippen molar-refractivity contribution in [2.75, 3.05) is 31.2 Å². The Morgan fingerprint density at radius 1 is 1.71 bits per heavy atom. The fourth-order valence-corrected chi connectivity index (χ4v) is 3.03. The molecule has 2 fully saturated rings. The van der Waals surface area contributed by atoms with Crippen LogP contribution in [0, 0.1) is 0 Å². The second kappa shape index (κ2) is 5.56. The average molecular weight is 260 g/mol. The predicted molar refractivity (Wildman–Crippen MR) is 67.1 cm³/mol. The van der Waals surface area contributed by atoms with Gasteiger partial charge in [-0.1, -0.05) is 0 Å². The zero-order valence-electron chi connectivity index (χ0n) is 10.1. The molecule has 2 aliphatic rings. The first-order valence-corrected chi connectivity index (χ1v) is 7.20. The third-order valence-corrected chi connectivity index (χ3v) is 4.53. The summed E-state index contributed by atoms with van der Waals surface area (Å²) in [6.45, 7) is 3.54. The highest BCUT2D eigenvalue weighted by molar-refractivity contribution is 7.99. The van der Waals surface area contributed by atoms with E-state index in [0.717, 1.165) is 18.1 Å². The molecule has 0 saturated carbocycles.